The molecule has 4 nitrogen and oxygen atoms in total. The van der Waals surface area contributed by atoms with Crippen LogP contribution in [0.4, 0.5) is 4.39 Å². The van der Waals surface area contributed by atoms with E-state index in [0.29, 0.717) is 30.6 Å². The Morgan fingerprint density at radius 1 is 1.19 bits per heavy atom. The van der Waals surface area contributed by atoms with Crippen LogP contribution >= 0.6 is 0 Å². The van der Waals surface area contributed by atoms with Gasteiger partial charge in [-0.3, -0.25) is 4.79 Å². The molecule has 27 heavy (non-hydrogen) atoms. The molecule has 0 aromatic heterocycles. The summed E-state index contributed by atoms with van der Waals surface area (Å²) in [5.41, 5.74) is 2.89. The first-order valence-electron chi connectivity index (χ1n) is 9.65. The van der Waals surface area contributed by atoms with E-state index in [1.165, 1.54) is 12.1 Å². The van der Waals surface area contributed by atoms with Crippen LogP contribution in [0.15, 0.2) is 42.5 Å². The Morgan fingerprint density at radius 3 is 2.78 bits per heavy atom. The van der Waals surface area contributed by atoms with E-state index in [4.69, 9.17) is 4.74 Å². The Bertz CT molecular complexity index is 822. The molecule has 2 aliphatic heterocycles. The summed E-state index contributed by atoms with van der Waals surface area (Å²) in [6.45, 7) is 6.37. The minimum absolute atomic E-state index is 0.0328. The van der Waals surface area contributed by atoms with E-state index >= 15 is 0 Å². The number of benzene rings is 2. The van der Waals surface area contributed by atoms with Gasteiger partial charge in [0.1, 0.15) is 11.6 Å². The molecule has 2 aliphatic rings. The summed E-state index contributed by atoms with van der Waals surface area (Å²) in [5, 5.41) is 2.83. The standard InChI is InChI=1S/C22H25FN2O2/c1-2-9-25-12-17(21(13-25)15-3-6-18(23)7-4-15)14-27-19-8-5-16-11-24-22(26)20(16)10-19/h3-8,10,17,21H,2,9,11-14H2,1H3,(H,24,26)/t17-,21-/m0/s1. The van der Waals surface area contributed by atoms with Crippen LogP contribution in [-0.2, 0) is 6.54 Å². The van der Waals surface area contributed by atoms with E-state index in [2.05, 4.69) is 17.1 Å². The van der Waals surface area contributed by atoms with Gasteiger partial charge in [0.2, 0.25) is 0 Å². The summed E-state index contributed by atoms with van der Waals surface area (Å²) < 4.78 is 19.4. The number of rotatable bonds is 6. The van der Waals surface area contributed by atoms with Crippen molar-refractivity contribution >= 4 is 5.91 Å². The molecule has 0 unspecified atom stereocenters. The zero-order valence-electron chi connectivity index (χ0n) is 15.6. The first-order valence-corrected chi connectivity index (χ1v) is 9.65. The van der Waals surface area contributed by atoms with Gasteiger partial charge in [0.05, 0.1) is 6.61 Å². The van der Waals surface area contributed by atoms with Gasteiger partial charge in [-0.05, 0) is 48.4 Å². The Morgan fingerprint density at radius 2 is 2.00 bits per heavy atom. The number of amides is 1. The van der Waals surface area contributed by atoms with Gasteiger partial charge in [-0.1, -0.05) is 25.1 Å². The summed E-state index contributed by atoms with van der Waals surface area (Å²) in [6.07, 6.45) is 1.11. The first kappa shape index (κ1) is 18.0. The van der Waals surface area contributed by atoms with Crippen molar-refractivity contribution in [1.82, 2.24) is 10.2 Å². The smallest absolute Gasteiger partial charge is 0.252 e. The van der Waals surface area contributed by atoms with Crippen molar-refractivity contribution in [2.75, 3.05) is 26.2 Å². The van der Waals surface area contributed by atoms with Crippen LogP contribution < -0.4 is 10.1 Å². The highest BCUT2D eigenvalue weighted by atomic mass is 19.1. The lowest BCUT2D eigenvalue weighted by atomic mass is 9.89. The molecule has 1 amide bonds. The number of likely N-dealkylation sites (tertiary alicyclic amines) is 1. The molecule has 1 N–H and O–H groups in total. The molecule has 0 spiro atoms. The number of fused-ring (bicyclic) bond motifs is 1. The predicted molar refractivity (Wildman–Crippen MR) is 102 cm³/mol. The largest absolute Gasteiger partial charge is 0.493 e. The number of hydrogen-bond acceptors (Lipinski definition) is 3. The second kappa shape index (κ2) is 7.69. The number of nitrogens with one attached hydrogen (secondary N) is 1. The minimum Gasteiger partial charge on any atom is -0.493 e. The SMILES string of the molecule is CCCN1C[C@@H](COc2ccc3c(c2)C(=O)NC3)[C@H](c2ccc(F)cc2)C1. The zero-order valence-corrected chi connectivity index (χ0v) is 15.6. The minimum atomic E-state index is -0.202. The van der Waals surface area contributed by atoms with Gasteiger partial charge < -0.3 is 15.0 Å². The zero-order chi connectivity index (χ0) is 18.8. The van der Waals surface area contributed by atoms with E-state index in [-0.39, 0.29) is 11.7 Å². The van der Waals surface area contributed by atoms with E-state index in [1.807, 2.05) is 30.3 Å². The highest BCUT2D eigenvalue weighted by Crippen LogP contribution is 2.33. The fraction of sp³-hybridized carbons (Fsp3) is 0.409. The van der Waals surface area contributed by atoms with Crippen molar-refractivity contribution < 1.29 is 13.9 Å². The Hall–Kier alpha value is -2.40. The second-order valence-electron chi connectivity index (χ2n) is 7.49. The predicted octanol–water partition coefficient (Wildman–Crippen LogP) is 3.57. The Labute approximate surface area is 159 Å². The van der Waals surface area contributed by atoms with Gasteiger partial charge in [-0.25, -0.2) is 4.39 Å². The number of hydrogen-bond donors (Lipinski definition) is 1. The van der Waals surface area contributed by atoms with Crippen LogP contribution in [0.1, 0.15) is 40.7 Å². The lowest BCUT2D eigenvalue weighted by Gasteiger charge is -2.19. The number of carbonyl (C=O) groups excluding carboxylic acids is 1. The van der Waals surface area contributed by atoms with E-state index < -0.39 is 0 Å². The summed E-state index contributed by atoms with van der Waals surface area (Å²) in [5.74, 6) is 1.16. The Balaban J connectivity index is 1.47. The highest BCUT2D eigenvalue weighted by molar-refractivity contribution is 5.98. The van der Waals surface area contributed by atoms with E-state index in [1.54, 1.807) is 0 Å². The molecule has 2 aromatic carbocycles. The fourth-order valence-electron chi connectivity index (χ4n) is 4.20. The van der Waals surface area contributed by atoms with Gasteiger partial charge >= 0.3 is 0 Å². The maximum absolute atomic E-state index is 13.3. The van der Waals surface area contributed by atoms with Crippen molar-refractivity contribution in [1.29, 1.82) is 0 Å². The van der Waals surface area contributed by atoms with Gasteiger partial charge in [-0.15, -0.1) is 0 Å². The molecule has 0 saturated carbocycles. The number of ether oxygens (including phenoxy) is 1. The number of halogens is 1. The third kappa shape index (κ3) is 3.83. The van der Waals surface area contributed by atoms with Crippen LogP contribution in [0, 0.1) is 11.7 Å². The lowest BCUT2D eigenvalue weighted by Crippen LogP contribution is -2.23. The summed E-state index contributed by atoms with van der Waals surface area (Å²) in [4.78, 5) is 14.3. The van der Waals surface area contributed by atoms with Crippen molar-refractivity contribution in [3.63, 3.8) is 0 Å². The van der Waals surface area contributed by atoms with Crippen molar-refractivity contribution in [2.24, 2.45) is 5.92 Å². The molecule has 0 bridgehead atoms. The van der Waals surface area contributed by atoms with Crippen LogP contribution in [-0.4, -0.2) is 37.0 Å². The maximum atomic E-state index is 13.3. The molecule has 2 aromatic rings. The number of carbonyl (C=O) groups is 1. The van der Waals surface area contributed by atoms with Crippen LogP contribution in [0.25, 0.3) is 0 Å². The lowest BCUT2D eigenvalue weighted by molar-refractivity contribution is 0.0965. The Kier molecular flexibility index (Phi) is 5.12. The quantitative estimate of drug-likeness (QED) is 0.847. The summed E-state index contributed by atoms with van der Waals surface area (Å²) in [6, 6.07) is 12.6. The maximum Gasteiger partial charge on any atom is 0.252 e. The van der Waals surface area contributed by atoms with Gasteiger partial charge in [0.25, 0.3) is 5.91 Å². The van der Waals surface area contributed by atoms with Crippen molar-refractivity contribution in [3.05, 3.63) is 65.0 Å². The van der Waals surface area contributed by atoms with Crippen LogP contribution in [0.2, 0.25) is 0 Å². The van der Waals surface area contributed by atoms with Crippen LogP contribution in [0.3, 0.4) is 0 Å². The normalized spacial score (nSPS) is 21.9. The van der Waals surface area contributed by atoms with E-state index in [0.717, 1.165) is 42.9 Å². The molecule has 5 heteroatoms. The van der Waals surface area contributed by atoms with Crippen molar-refractivity contribution in [2.45, 2.75) is 25.8 Å². The third-order valence-corrected chi connectivity index (χ3v) is 5.58. The van der Waals surface area contributed by atoms with Gasteiger partial charge in [-0.2, -0.15) is 0 Å². The second-order valence-corrected chi connectivity index (χ2v) is 7.49. The van der Waals surface area contributed by atoms with Gasteiger partial charge in [0, 0.05) is 37.0 Å². The topological polar surface area (TPSA) is 41.6 Å². The average molecular weight is 368 g/mol. The fourth-order valence-corrected chi connectivity index (χ4v) is 4.20. The average Bonchev–Trinajstić information content (AvgIpc) is 3.25. The van der Waals surface area contributed by atoms with E-state index in [9.17, 15) is 9.18 Å². The molecule has 142 valence electrons. The highest BCUT2D eigenvalue weighted by Gasteiger charge is 2.34. The van der Waals surface area contributed by atoms with Gasteiger partial charge in [0.15, 0.2) is 0 Å². The number of nitrogens with zero attached hydrogens (tertiary/aromatic N) is 1. The molecular weight excluding hydrogens is 343 g/mol. The summed E-state index contributed by atoms with van der Waals surface area (Å²) >= 11 is 0. The molecule has 2 atom stereocenters. The molecule has 1 saturated heterocycles. The molecular formula is C22H25FN2O2. The monoisotopic (exact) mass is 368 g/mol. The third-order valence-electron chi connectivity index (χ3n) is 5.58. The molecule has 4 rings (SSSR count). The molecule has 1 fully saturated rings. The first-order chi connectivity index (χ1) is 13.1. The van der Waals surface area contributed by atoms with Crippen molar-refractivity contribution in [3.8, 4) is 5.75 Å². The van der Waals surface area contributed by atoms with Crippen LogP contribution in [0.5, 0.6) is 5.75 Å². The molecule has 0 aliphatic carbocycles. The molecule has 0 radical (unpaired) electrons. The molecule has 2 heterocycles. The summed E-state index contributed by atoms with van der Waals surface area (Å²) in [7, 11) is 0.